The zero-order valence-corrected chi connectivity index (χ0v) is 10.8. The zero-order valence-electron chi connectivity index (χ0n) is 10.0. The molecule has 0 N–H and O–H groups in total. The smallest absolute Gasteiger partial charge is 0.328 e. The maximum absolute atomic E-state index is 11.8. The Morgan fingerprint density at radius 1 is 1.39 bits per heavy atom. The molecule has 0 aliphatic carbocycles. The molecule has 1 aromatic carbocycles. The highest BCUT2D eigenvalue weighted by molar-refractivity contribution is 6.30. The Labute approximate surface area is 109 Å². The second kappa shape index (κ2) is 4.21. The predicted molar refractivity (Wildman–Crippen MR) is 69.4 cm³/mol. The molecule has 18 heavy (non-hydrogen) atoms. The summed E-state index contributed by atoms with van der Waals surface area (Å²) < 4.78 is 8.82. The summed E-state index contributed by atoms with van der Waals surface area (Å²) in [6.45, 7) is 1.18. The molecular formula is C13H13ClN2O2. The van der Waals surface area contributed by atoms with E-state index in [4.69, 9.17) is 16.3 Å². The highest BCUT2D eigenvalue weighted by Gasteiger charge is 2.18. The van der Waals surface area contributed by atoms with Crippen LogP contribution in [0.4, 0.5) is 0 Å². The third-order valence-corrected chi connectivity index (χ3v) is 3.40. The van der Waals surface area contributed by atoms with E-state index in [1.807, 2.05) is 12.1 Å². The molecule has 0 atom stereocenters. The summed E-state index contributed by atoms with van der Waals surface area (Å²) >= 11 is 6.09. The lowest BCUT2D eigenvalue weighted by Crippen LogP contribution is -2.22. The maximum atomic E-state index is 11.8. The molecule has 0 saturated heterocycles. The summed E-state index contributed by atoms with van der Waals surface area (Å²) in [6.07, 6.45) is 4.39. The van der Waals surface area contributed by atoms with Crippen molar-refractivity contribution in [3.05, 3.63) is 51.2 Å². The summed E-state index contributed by atoms with van der Waals surface area (Å²) in [4.78, 5) is 11.8. The number of fused-ring (bicyclic) bond motifs is 1. The van der Waals surface area contributed by atoms with Crippen molar-refractivity contribution in [1.82, 2.24) is 9.13 Å². The van der Waals surface area contributed by atoms with E-state index in [2.05, 4.69) is 0 Å². The van der Waals surface area contributed by atoms with Crippen LogP contribution < -0.4 is 10.4 Å². The van der Waals surface area contributed by atoms with E-state index in [-0.39, 0.29) is 5.69 Å². The standard InChI is InChI=1S/C13H13ClN2O2/c1-15-3-4-16(13(15)17)8-10-7-11(14)6-9-2-5-18-12(9)10/h3-4,6-7H,2,5,8H2,1H3. The first-order valence-electron chi connectivity index (χ1n) is 5.81. The molecule has 0 unspecified atom stereocenters. The van der Waals surface area contributed by atoms with Gasteiger partial charge in [-0.1, -0.05) is 11.6 Å². The van der Waals surface area contributed by atoms with Crippen LogP contribution in [0.25, 0.3) is 0 Å². The molecule has 5 heteroatoms. The Balaban J connectivity index is 2.03. The van der Waals surface area contributed by atoms with Crippen molar-refractivity contribution < 1.29 is 4.74 Å². The Hall–Kier alpha value is -1.68. The molecular weight excluding hydrogens is 252 g/mol. The van der Waals surface area contributed by atoms with Crippen molar-refractivity contribution in [2.24, 2.45) is 7.05 Å². The van der Waals surface area contributed by atoms with E-state index < -0.39 is 0 Å². The van der Waals surface area contributed by atoms with Crippen LogP contribution in [0.1, 0.15) is 11.1 Å². The summed E-state index contributed by atoms with van der Waals surface area (Å²) in [5.41, 5.74) is 2.05. The van der Waals surface area contributed by atoms with Crippen molar-refractivity contribution in [2.75, 3.05) is 6.61 Å². The molecule has 1 aliphatic heterocycles. The number of halogens is 1. The molecule has 3 rings (SSSR count). The first kappa shape index (κ1) is 11.4. The highest BCUT2D eigenvalue weighted by Crippen LogP contribution is 2.33. The van der Waals surface area contributed by atoms with Crippen molar-refractivity contribution in [3.8, 4) is 5.75 Å². The topological polar surface area (TPSA) is 36.2 Å². The lowest BCUT2D eigenvalue weighted by molar-refractivity contribution is 0.352. The third kappa shape index (κ3) is 1.82. The molecule has 0 amide bonds. The normalized spacial score (nSPS) is 13.4. The summed E-state index contributed by atoms with van der Waals surface area (Å²) in [5.74, 6) is 0.884. The Kier molecular flexibility index (Phi) is 2.67. The van der Waals surface area contributed by atoms with Crippen LogP contribution in [0, 0.1) is 0 Å². The summed E-state index contributed by atoms with van der Waals surface area (Å²) in [6, 6.07) is 3.80. The van der Waals surface area contributed by atoms with Crippen LogP contribution in [0.5, 0.6) is 5.75 Å². The van der Waals surface area contributed by atoms with E-state index in [1.165, 1.54) is 0 Å². The monoisotopic (exact) mass is 264 g/mol. The number of hydrogen-bond donors (Lipinski definition) is 0. The highest BCUT2D eigenvalue weighted by atomic mass is 35.5. The van der Waals surface area contributed by atoms with E-state index in [0.717, 1.165) is 23.3 Å². The molecule has 1 aliphatic rings. The first-order chi connectivity index (χ1) is 8.65. The van der Waals surface area contributed by atoms with Gasteiger partial charge in [0.1, 0.15) is 5.75 Å². The van der Waals surface area contributed by atoms with Crippen molar-refractivity contribution in [1.29, 1.82) is 0 Å². The Morgan fingerprint density at radius 2 is 2.22 bits per heavy atom. The number of aromatic nitrogens is 2. The van der Waals surface area contributed by atoms with E-state index in [9.17, 15) is 4.79 Å². The quantitative estimate of drug-likeness (QED) is 0.830. The Bertz CT molecular complexity index is 657. The molecule has 0 bridgehead atoms. The van der Waals surface area contributed by atoms with Crippen LogP contribution >= 0.6 is 11.6 Å². The zero-order chi connectivity index (χ0) is 12.7. The van der Waals surface area contributed by atoms with Gasteiger partial charge in [0.15, 0.2) is 0 Å². The summed E-state index contributed by atoms with van der Waals surface area (Å²) in [5, 5.41) is 0.693. The molecule has 0 spiro atoms. The maximum Gasteiger partial charge on any atom is 0.328 e. The second-order valence-corrected chi connectivity index (χ2v) is 4.91. The molecule has 0 fully saturated rings. The predicted octanol–water partition coefficient (Wildman–Crippen LogP) is 1.82. The van der Waals surface area contributed by atoms with Crippen molar-refractivity contribution in [2.45, 2.75) is 13.0 Å². The molecule has 4 nitrogen and oxygen atoms in total. The number of ether oxygens (including phenoxy) is 1. The van der Waals surface area contributed by atoms with Gasteiger partial charge in [-0.25, -0.2) is 4.79 Å². The van der Waals surface area contributed by atoms with Gasteiger partial charge in [-0.05, 0) is 17.7 Å². The van der Waals surface area contributed by atoms with Gasteiger partial charge in [-0.3, -0.25) is 4.57 Å². The van der Waals surface area contributed by atoms with Crippen molar-refractivity contribution in [3.63, 3.8) is 0 Å². The largest absolute Gasteiger partial charge is 0.493 e. The average molecular weight is 265 g/mol. The Morgan fingerprint density at radius 3 is 2.94 bits per heavy atom. The van der Waals surface area contributed by atoms with E-state index in [0.29, 0.717) is 18.2 Å². The lowest BCUT2D eigenvalue weighted by atomic mass is 10.1. The van der Waals surface area contributed by atoms with Crippen LogP contribution in [-0.4, -0.2) is 15.7 Å². The number of nitrogens with zero attached hydrogens (tertiary/aromatic N) is 2. The van der Waals surface area contributed by atoms with Crippen LogP contribution in [-0.2, 0) is 20.0 Å². The van der Waals surface area contributed by atoms with E-state index in [1.54, 1.807) is 28.6 Å². The van der Waals surface area contributed by atoms with Gasteiger partial charge in [0, 0.05) is 36.4 Å². The number of benzene rings is 1. The molecule has 0 saturated carbocycles. The van der Waals surface area contributed by atoms with Gasteiger partial charge in [-0.15, -0.1) is 0 Å². The minimum absolute atomic E-state index is 0.0401. The lowest BCUT2D eigenvalue weighted by Gasteiger charge is -2.09. The fraction of sp³-hybridized carbons (Fsp3) is 0.308. The minimum atomic E-state index is -0.0401. The molecule has 94 valence electrons. The third-order valence-electron chi connectivity index (χ3n) is 3.18. The number of aryl methyl sites for hydroxylation is 1. The average Bonchev–Trinajstić information content (AvgIpc) is 2.90. The second-order valence-electron chi connectivity index (χ2n) is 4.47. The van der Waals surface area contributed by atoms with Gasteiger partial charge in [0.05, 0.1) is 13.2 Å². The molecule has 2 aromatic rings. The van der Waals surface area contributed by atoms with Gasteiger partial charge in [-0.2, -0.15) is 0 Å². The SMILES string of the molecule is Cn1ccn(Cc2cc(Cl)cc3c2OCC3)c1=O. The fourth-order valence-corrected chi connectivity index (χ4v) is 2.54. The van der Waals surface area contributed by atoms with Gasteiger partial charge in [0.2, 0.25) is 0 Å². The summed E-state index contributed by atoms with van der Waals surface area (Å²) in [7, 11) is 1.73. The van der Waals surface area contributed by atoms with Gasteiger partial charge >= 0.3 is 5.69 Å². The molecule has 0 radical (unpaired) electrons. The van der Waals surface area contributed by atoms with Crippen LogP contribution in [0.2, 0.25) is 5.02 Å². The van der Waals surface area contributed by atoms with Gasteiger partial charge < -0.3 is 9.30 Å². The molecule has 1 aromatic heterocycles. The van der Waals surface area contributed by atoms with Crippen LogP contribution in [0.15, 0.2) is 29.3 Å². The van der Waals surface area contributed by atoms with Gasteiger partial charge in [0.25, 0.3) is 0 Å². The van der Waals surface area contributed by atoms with Crippen molar-refractivity contribution >= 4 is 11.6 Å². The molecule has 2 heterocycles. The van der Waals surface area contributed by atoms with Crippen LogP contribution in [0.3, 0.4) is 0 Å². The fourth-order valence-electron chi connectivity index (χ4n) is 2.28. The first-order valence-corrected chi connectivity index (χ1v) is 6.19. The number of imidazole rings is 1. The number of hydrogen-bond acceptors (Lipinski definition) is 2. The van der Waals surface area contributed by atoms with E-state index >= 15 is 0 Å². The number of rotatable bonds is 2. The minimum Gasteiger partial charge on any atom is -0.493 e.